The molecule has 0 aliphatic rings. The number of imidazole rings is 1. The van der Waals surface area contributed by atoms with Gasteiger partial charge in [0.15, 0.2) is 0 Å². The molecule has 0 spiro atoms. The standard InChI is InChI=1S/C20H18N3S.Ir/c1-12-10-13(2)19(14(3)11-12)23-9-8-21-20(23)16-6-5-7-17-18(16)22-15(4)24-17;/h5,7-11H,1-4H3;/q-1;. The van der Waals surface area contributed by atoms with Crippen LogP contribution in [0.4, 0.5) is 0 Å². The molecule has 1 radical (unpaired) electrons. The van der Waals surface area contributed by atoms with E-state index in [4.69, 9.17) is 4.98 Å². The Labute approximate surface area is 165 Å². The van der Waals surface area contributed by atoms with E-state index in [1.165, 1.54) is 27.1 Å². The predicted octanol–water partition coefficient (Wildman–Crippen LogP) is 5.18. The molecule has 4 aromatic rings. The van der Waals surface area contributed by atoms with Crippen molar-refractivity contribution in [1.82, 2.24) is 14.5 Å². The van der Waals surface area contributed by atoms with Gasteiger partial charge in [0.2, 0.25) is 0 Å². The molecular weight excluding hydrogens is 507 g/mol. The van der Waals surface area contributed by atoms with Gasteiger partial charge in [-0.05, 0) is 43.5 Å². The Bertz CT molecular complexity index is 1040. The van der Waals surface area contributed by atoms with E-state index < -0.39 is 0 Å². The molecule has 2 aromatic heterocycles. The van der Waals surface area contributed by atoms with E-state index >= 15 is 0 Å². The number of benzene rings is 2. The summed E-state index contributed by atoms with van der Waals surface area (Å²) in [7, 11) is 0. The van der Waals surface area contributed by atoms with Crippen molar-refractivity contribution < 1.29 is 20.1 Å². The van der Waals surface area contributed by atoms with Gasteiger partial charge >= 0.3 is 0 Å². The SMILES string of the molecule is Cc1cc(C)c(-n2ccnc2-c2[c-]ccc3sc(C)nc23)c(C)c1.[Ir]. The fourth-order valence-corrected chi connectivity index (χ4v) is 4.23. The molecule has 0 fully saturated rings. The molecule has 0 atom stereocenters. The molecule has 25 heavy (non-hydrogen) atoms. The molecular formula is C20H18IrN3S-. The Balaban J connectivity index is 0.00000182. The molecule has 0 amide bonds. The minimum Gasteiger partial charge on any atom is -0.339 e. The average molecular weight is 525 g/mol. The molecule has 4 rings (SSSR count). The Morgan fingerprint density at radius 1 is 1.08 bits per heavy atom. The second-order valence-corrected chi connectivity index (χ2v) is 7.40. The van der Waals surface area contributed by atoms with E-state index in [-0.39, 0.29) is 20.1 Å². The van der Waals surface area contributed by atoms with Crippen LogP contribution in [-0.2, 0) is 20.1 Å². The minimum absolute atomic E-state index is 0. The molecule has 0 unspecified atom stereocenters. The molecule has 129 valence electrons. The third-order valence-corrected chi connectivity index (χ3v) is 5.14. The number of fused-ring (bicyclic) bond motifs is 1. The zero-order valence-electron chi connectivity index (χ0n) is 14.5. The summed E-state index contributed by atoms with van der Waals surface area (Å²) in [6, 6.07) is 11.8. The van der Waals surface area contributed by atoms with Crippen molar-refractivity contribution >= 4 is 21.6 Å². The summed E-state index contributed by atoms with van der Waals surface area (Å²) in [5.74, 6) is 0.890. The number of aromatic nitrogens is 3. The fraction of sp³-hybridized carbons (Fsp3) is 0.200. The number of aryl methyl sites for hydroxylation is 4. The molecule has 2 aromatic carbocycles. The van der Waals surface area contributed by atoms with Crippen molar-refractivity contribution in [3.8, 4) is 17.1 Å². The summed E-state index contributed by atoms with van der Waals surface area (Å²) in [6.45, 7) is 8.47. The molecule has 0 saturated heterocycles. The third-order valence-electron chi connectivity index (χ3n) is 4.20. The largest absolute Gasteiger partial charge is 0.339 e. The summed E-state index contributed by atoms with van der Waals surface area (Å²) in [5.41, 5.74) is 6.89. The number of rotatable bonds is 2. The Hall–Kier alpha value is -1.81. The number of hydrogen-bond donors (Lipinski definition) is 0. The second kappa shape index (κ2) is 6.83. The van der Waals surface area contributed by atoms with Crippen molar-refractivity contribution in [2.75, 3.05) is 0 Å². The zero-order valence-corrected chi connectivity index (χ0v) is 17.8. The van der Waals surface area contributed by atoms with Gasteiger partial charge in [-0.2, -0.15) is 0 Å². The number of hydrogen-bond acceptors (Lipinski definition) is 3. The van der Waals surface area contributed by atoms with Gasteiger partial charge in [-0.3, -0.25) is 9.97 Å². The summed E-state index contributed by atoms with van der Waals surface area (Å²) in [4.78, 5) is 9.32. The van der Waals surface area contributed by atoms with Gasteiger partial charge < -0.3 is 4.57 Å². The van der Waals surface area contributed by atoms with Gasteiger partial charge in [-0.15, -0.1) is 29.5 Å². The Morgan fingerprint density at radius 2 is 1.80 bits per heavy atom. The van der Waals surface area contributed by atoms with Crippen LogP contribution in [-0.4, -0.2) is 14.5 Å². The smallest absolute Gasteiger partial charge is 0.0779 e. The van der Waals surface area contributed by atoms with E-state index in [1.807, 2.05) is 25.4 Å². The van der Waals surface area contributed by atoms with E-state index in [9.17, 15) is 0 Å². The predicted molar refractivity (Wildman–Crippen MR) is 100.0 cm³/mol. The van der Waals surface area contributed by atoms with Crippen LogP contribution < -0.4 is 0 Å². The summed E-state index contributed by atoms with van der Waals surface area (Å²) < 4.78 is 3.33. The quantitative estimate of drug-likeness (QED) is 0.339. The molecule has 0 aliphatic heterocycles. The van der Waals surface area contributed by atoms with Crippen LogP contribution in [0.15, 0.2) is 36.7 Å². The van der Waals surface area contributed by atoms with E-state index in [0.717, 1.165) is 21.9 Å². The Morgan fingerprint density at radius 3 is 2.52 bits per heavy atom. The van der Waals surface area contributed by atoms with E-state index in [2.05, 4.69) is 54.6 Å². The van der Waals surface area contributed by atoms with Crippen molar-refractivity contribution in [2.24, 2.45) is 0 Å². The maximum absolute atomic E-state index is 4.70. The van der Waals surface area contributed by atoms with Crippen LogP contribution in [0.25, 0.3) is 27.3 Å². The van der Waals surface area contributed by atoms with Crippen molar-refractivity contribution in [1.29, 1.82) is 0 Å². The van der Waals surface area contributed by atoms with Crippen LogP contribution in [0.1, 0.15) is 21.7 Å². The fourth-order valence-electron chi connectivity index (χ4n) is 3.40. The molecule has 5 heteroatoms. The van der Waals surface area contributed by atoms with Crippen molar-refractivity contribution in [3.05, 3.63) is 64.4 Å². The van der Waals surface area contributed by atoms with Crippen LogP contribution >= 0.6 is 11.3 Å². The molecule has 0 saturated carbocycles. The van der Waals surface area contributed by atoms with Gasteiger partial charge in [0.05, 0.1) is 10.8 Å². The van der Waals surface area contributed by atoms with Gasteiger partial charge in [0, 0.05) is 43.7 Å². The number of nitrogens with zero attached hydrogens (tertiary/aromatic N) is 3. The summed E-state index contributed by atoms with van der Waals surface area (Å²) in [5, 5.41) is 1.06. The maximum atomic E-state index is 4.70. The molecule has 3 nitrogen and oxygen atoms in total. The topological polar surface area (TPSA) is 30.7 Å². The first kappa shape index (κ1) is 18.0. The van der Waals surface area contributed by atoms with Gasteiger partial charge in [-0.1, -0.05) is 23.3 Å². The Kier molecular flexibility index (Phi) is 4.92. The third kappa shape index (κ3) is 3.08. The van der Waals surface area contributed by atoms with E-state index in [1.54, 1.807) is 11.3 Å². The van der Waals surface area contributed by atoms with Crippen LogP contribution in [0.5, 0.6) is 0 Å². The average Bonchev–Trinajstić information content (AvgIpc) is 3.11. The monoisotopic (exact) mass is 525 g/mol. The molecule has 0 N–H and O–H groups in total. The molecule has 0 bridgehead atoms. The zero-order chi connectivity index (χ0) is 16.8. The summed E-state index contributed by atoms with van der Waals surface area (Å²) >= 11 is 1.71. The molecule has 0 aliphatic carbocycles. The maximum Gasteiger partial charge on any atom is 0.0779 e. The molecule has 2 heterocycles. The van der Waals surface area contributed by atoms with Crippen LogP contribution in [0, 0.1) is 33.8 Å². The van der Waals surface area contributed by atoms with Crippen molar-refractivity contribution in [2.45, 2.75) is 27.7 Å². The second-order valence-electron chi connectivity index (χ2n) is 6.17. The first-order chi connectivity index (χ1) is 11.5. The summed E-state index contributed by atoms with van der Waals surface area (Å²) in [6.07, 6.45) is 3.87. The number of thiazole rings is 1. The first-order valence-corrected chi connectivity index (χ1v) is 8.76. The first-order valence-electron chi connectivity index (χ1n) is 7.94. The van der Waals surface area contributed by atoms with Crippen LogP contribution in [0.3, 0.4) is 0 Å². The minimum atomic E-state index is 0. The van der Waals surface area contributed by atoms with E-state index in [0.29, 0.717) is 0 Å². The van der Waals surface area contributed by atoms with Crippen molar-refractivity contribution in [3.63, 3.8) is 0 Å². The van der Waals surface area contributed by atoms with Crippen LogP contribution in [0.2, 0.25) is 0 Å². The van der Waals surface area contributed by atoms with Gasteiger partial charge in [0.25, 0.3) is 0 Å². The van der Waals surface area contributed by atoms with Gasteiger partial charge in [-0.25, -0.2) is 0 Å². The normalized spacial score (nSPS) is 10.9. The van der Waals surface area contributed by atoms with Gasteiger partial charge in [0.1, 0.15) is 0 Å².